The summed E-state index contributed by atoms with van der Waals surface area (Å²) in [6.07, 6.45) is 0.324. The van der Waals surface area contributed by atoms with Gasteiger partial charge in [0, 0.05) is 17.5 Å². The standard InChI is InChI=1S/C25H20N4O2/c30-25(27-31)23(18-20-12-6-2-7-13-20)29-22(17-16-19-10-4-1-5-11-19)24(26-28-29)21-14-8-3-9-15-21/h1-15,23,31H,18H2,(H,27,30)/t23-/m1/s1. The molecular weight excluding hydrogens is 388 g/mol. The molecule has 0 aliphatic heterocycles. The molecule has 1 heterocycles. The van der Waals surface area contributed by atoms with Gasteiger partial charge in [-0.05, 0) is 23.6 Å². The zero-order valence-electron chi connectivity index (χ0n) is 16.6. The number of amides is 1. The third-order valence-electron chi connectivity index (χ3n) is 4.82. The summed E-state index contributed by atoms with van der Waals surface area (Å²) < 4.78 is 1.48. The van der Waals surface area contributed by atoms with E-state index in [0.717, 1.165) is 16.7 Å². The van der Waals surface area contributed by atoms with E-state index in [1.807, 2.05) is 91.0 Å². The van der Waals surface area contributed by atoms with Crippen LogP contribution in [0.15, 0.2) is 91.0 Å². The van der Waals surface area contributed by atoms with Gasteiger partial charge in [0.25, 0.3) is 5.91 Å². The molecule has 0 aliphatic rings. The lowest BCUT2D eigenvalue weighted by molar-refractivity contribution is -0.133. The molecule has 1 amide bonds. The third kappa shape index (κ3) is 4.69. The van der Waals surface area contributed by atoms with Crippen LogP contribution in [-0.2, 0) is 11.2 Å². The van der Waals surface area contributed by atoms with Gasteiger partial charge in [-0.25, -0.2) is 10.2 Å². The lowest BCUT2D eigenvalue weighted by Crippen LogP contribution is -2.33. The van der Waals surface area contributed by atoms with E-state index >= 15 is 0 Å². The van der Waals surface area contributed by atoms with Crippen molar-refractivity contribution < 1.29 is 10.0 Å². The number of hydroxylamine groups is 1. The van der Waals surface area contributed by atoms with E-state index < -0.39 is 11.9 Å². The first-order valence-electron chi connectivity index (χ1n) is 9.82. The summed E-state index contributed by atoms with van der Waals surface area (Å²) in [6.45, 7) is 0. The van der Waals surface area contributed by atoms with Crippen molar-refractivity contribution in [1.82, 2.24) is 20.5 Å². The van der Waals surface area contributed by atoms with Crippen LogP contribution in [0.5, 0.6) is 0 Å². The number of nitrogens with zero attached hydrogens (tertiary/aromatic N) is 3. The average molecular weight is 408 g/mol. The highest BCUT2D eigenvalue weighted by Crippen LogP contribution is 2.24. The fraction of sp³-hybridized carbons (Fsp3) is 0.0800. The van der Waals surface area contributed by atoms with Crippen LogP contribution in [0.1, 0.15) is 22.9 Å². The van der Waals surface area contributed by atoms with Crippen LogP contribution >= 0.6 is 0 Å². The van der Waals surface area contributed by atoms with Crippen molar-refractivity contribution >= 4 is 5.91 Å². The van der Waals surface area contributed by atoms with Gasteiger partial charge in [0.15, 0.2) is 0 Å². The number of benzene rings is 3. The first kappa shape index (κ1) is 20.1. The molecule has 4 rings (SSSR count). The number of carbonyl (C=O) groups is 1. The van der Waals surface area contributed by atoms with Gasteiger partial charge in [-0.2, -0.15) is 0 Å². The molecule has 0 unspecified atom stereocenters. The largest absolute Gasteiger partial charge is 0.289 e. The van der Waals surface area contributed by atoms with E-state index in [0.29, 0.717) is 17.8 Å². The Balaban J connectivity index is 1.83. The van der Waals surface area contributed by atoms with Crippen molar-refractivity contribution in [1.29, 1.82) is 0 Å². The van der Waals surface area contributed by atoms with Gasteiger partial charge >= 0.3 is 0 Å². The summed E-state index contributed by atoms with van der Waals surface area (Å²) in [5, 5.41) is 18.0. The van der Waals surface area contributed by atoms with Crippen LogP contribution in [-0.4, -0.2) is 26.1 Å². The molecule has 0 aliphatic carbocycles. The fourth-order valence-corrected chi connectivity index (χ4v) is 3.27. The predicted molar refractivity (Wildman–Crippen MR) is 117 cm³/mol. The maximum absolute atomic E-state index is 12.6. The van der Waals surface area contributed by atoms with Crippen LogP contribution < -0.4 is 5.48 Å². The Morgan fingerprint density at radius 1 is 0.903 bits per heavy atom. The molecule has 0 saturated heterocycles. The van der Waals surface area contributed by atoms with Gasteiger partial charge in [0.05, 0.1) is 0 Å². The van der Waals surface area contributed by atoms with Gasteiger partial charge in [0.1, 0.15) is 17.4 Å². The second kappa shape index (κ2) is 9.53. The van der Waals surface area contributed by atoms with Crippen LogP contribution in [0.4, 0.5) is 0 Å². The summed E-state index contributed by atoms with van der Waals surface area (Å²) in [5.41, 5.74) is 5.44. The number of carbonyl (C=O) groups excluding carboxylic acids is 1. The minimum absolute atomic E-state index is 0.324. The zero-order chi connectivity index (χ0) is 21.5. The Bertz CT molecular complexity index is 1210. The van der Waals surface area contributed by atoms with Gasteiger partial charge in [-0.15, -0.1) is 5.10 Å². The Morgan fingerprint density at radius 2 is 1.52 bits per heavy atom. The van der Waals surface area contributed by atoms with Crippen molar-refractivity contribution in [3.63, 3.8) is 0 Å². The molecule has 4 aromatic rings. The van der Waals surface area contributed by atoms with Crippen molar-refractivity contribution in [2.24, 2.45) is 0 Å². The normalized spacial score (nSPS) is 11.3. The molecule has 2 N–H and O–H groups in total. The number of rotatable bonds is 5. The van der Waals surface area contributed by atoms with Crippen molar-refractivity contribution in [2.75, 3.05) is 0 Å². The molecule has 6 nitrogen and oxygen atoms in total. The van der Waals surface area contributed by atoms with Crippen LogP contribution in [0.25, 0.3) is 11.3 Å². The molecule has 0 spiro atoms. The quantitative estimate of drug-likeness (QED) is 0.300. The van der Waals surface area contributed by atoms with Crippen LogP contribution in [0.3, 0.4) is 0 Å². The highest BCUT2D eigenvalue weighted by molar-refractivity contribution is 5.80. The molecule has 1 aromatic heterocycles. The summed E-state index contributed by atoms with van der Waals surface area (Å²) in [5.74, 6) is 5.69. The Kier molecular flexibility index (Phi) is 6.17. The average Bonchev–Trinajstić information content (AvgIpc) is 3.26. The fourth-order valence-electron chi connectivity index (χ4n) is 3.27. The Morgan fingerprint density at radius 3 is 2.16 bits per heavy atom. The smallest absolute Gasteiger partial charge is 0.268 e. The summed E-state index contributed by atoms with van der Waals surface area (Å²) in [7, 11) is 0. The first-order chi connectivity index (χ1) is 15.3. The molecule has 0 saturated carbocycles. The number of hydrogen-bond donors (Lipinski definition) is 2. The van der Waals surface area contributed by atoms with Crippen molar-refractivity contribution in [2.45, 2.75) is 12.5 Å². The van der Waals surface area contributed by atoms with E-state index in [1.54, 1.807) is 5.48 Å². The molecule has 0 bridgehead atoms. The molecule has 0 fully saturated rings. The minimum Gasteiger partial charge on any atom is -0.289 e. The maximum Gasteiger partial charge on any atom is 0.268 e. The highest BCUT2D eigenvalue weighted by Gasteiger charge is 2.26. The molecule has 6 heteroatoms. The van der Waals surface area contributed by atoms with E-state index in [4.69, 9.17) is 0 Å². The van der Waals surface area contributed by atoms with Gasteiger partial charge in [-0.3, -0.25) is 10.0 Å². The second-order valence-corrected chi connectivity index (χ2v) is 6.89. The van der Waals surface area contributed by atoms with E-state index in [2.05, 4.69) is 22.2 Å². The van der Waals surface area contributed by atoms with Crippen molar-refractivity contribution in [3.05, 3.63) is 108 Å². The van der Waals surface area contributed by atoms with Gasteiger partial charge in [0.2, 0.25) is 0 Å². The Labute approximate surface area is 180 Å². The van der Waals surface area contributed by atoms with Gasteiger partial charge < -0.3 is 0 Å². The maximum atomic E-state index is 12.6. The number of hydrogen-bond acceptors (Lipinski definition) is 4. The summed E-state index contributed by atoms with van der Waals surface area (Å²) >= 11 is 0. The predicted octanol–water partition coefficient (Wildman–Crippen LogP) is 3.63. The molecular formula is C25H20N4O2. The number of aromatic nitrogens is 3. The SMILES string of the molecule is O=C(NO)[C@@H](Cc1ccccc1)n1nnc(-c2ccccc2)c1C#Cc1ccccc1. The monoisotopic (exact) mass is 408 g/mol. The lowest BCUT2D eigenvalue weighted by Gasteiger charge is -2.16. The molecule has 3 aromatic carbocycles. The second-order valence-electron chi connectivity index (χ2n) is 6.89. The van der Waals surface area contributed by atoms with E-state index in [-0.39, 0.29) is 0 Å². The zero-order valence-corrected chi connectivity index (χ0v) is 16.6. The topological polar surface area (TPSA) is 80.0 Å². The molecule has 31 heavy (non-hydrogen) atoms. The number of nitrogens with one attached hydrogen (secondary N) is 1. The van der Waals surface area contributed by atoms with E-state index in [1.165, 1.54) is 4.68 Å². The van der Waals surface area contributed by atoms with Crippen molar-refractivity contribution in [3.8, 4) is 23.1 Å². The molecule has 1 atom stereocenters. The van der Waals surface area contributed by atoms with Crippen LogP contribution in [0, 0.1) is 11.8 Å². The molecule has 152 valence electrons. The van der Waals surface area contributed by atoms with E-state index in [9.17, 15) is 10.0 Å². The summed E-state index contributed by atoms with van der Waals surface area (Å²) in [6, 6.07) is 27.9. The Hall–Kier alpha value is -4.21. The molecule has 0 radical (unpaired) electrons. The lowest BCUT2D eigenvalue weighted by atomic mass is 10.0. The first-order valence-corrected chi connectivity index (χ1v) is 9.82. The highest BCUT2D eigenvalue weighted by atomic mass is 16.5. The van der Waals surface area contributed by atoms with Crippen LogP contribution in [0.2, 0.25) is 0 Å². The summed E-state index contributed by atoms with van der Waals surface area (Å²) in [4.78, 5) is 12.6. The van der Waals surface area contributed by atoms with Gasteiger partial charge in [-0.1, -0.05) is 90.0 Å². The minimum atomic E-state index is -0.822. The third-order valence-corrected chi connectivity index (χ3v) is 4.82.